The summed E-state index contributed by atoms with van der Waals surface area (Å²) in [5.41, 5.74) is 2.89. The summed E-state index contributed by atoms with van der Waals surface area (Å²) in [5, 5.41) is 9.74. The van der Waals surface area contributed by atoms with Gasteiger partial charge in [-0.05, 0) is 34.6 Å². The maximum absolute atomic E-state index is 7.75. The van der Waals surface area contributed by atoms with Gasteiger partial charge in [0.1, 0.15) is 0 Å². The van der Waals surface area contributed by atoms with Gasteiger partial charge < -0.3 is 15.4 Å². The summed E-state index contributed by atoms with van der Waals surface area (Å²) in [6, 6.07) is 0. The van der Waals surface area contributed by atoms with Crippen LogP contribution in [0.15, 0.2) is 35.8 Å². The first-order valence-corrected chi connectivity index (χ1v) is 9.88. The molecule has 0 spiro atoms. The molecular formula is C19H34N2OPRu+. The van der Waals surface area contributed by atoms with Crippen LogP contribution in [0.25, 0.3) is 10.6 Å². The van der Waals surface area contributed by atoms with Crippen molar-refractivity contribution in [2.75, 3.05) is 6.16 Å². The van der Waals surface area contributed by atoms with E-state index in [1.165, 1.54) is 5.70 Å². The second-order valence-corrected chi connectivity index (χ2v) is 12.1. The van der Waals surface area contributed by atoms with Crippen LogP contribution in [0, 0.1) is 0 Å². The van der Waals surface area contributed by atoms with Crippen LogP contribution >= 0.6 is 7.92 Å². The van der Waals surface area contributed by atoms with Gasteiger partial charge in [0, 0.05) is 7.92 Å². The van der Waals surface area contributed by atoms with Crippen LogP contribution in [0.3, 0.4) is 0 Å². The van der Waals surface area contributed by atoms with Crippen molar-refractivity contribution in [3.05, 3.63) is 46.5 Å². The van der Waals surface area contributed by atoms with E-state index in [2.05, 4.69) is 79.6 Å². The first kappa shape index (κ1) is 25.8. The molecule has 0 saturated carbocycles. The van der Waals surface area contributed by atoms with Gasteiger partial charge in [-0.25, -0.2) is 0 Å². The van der Waals surface area contributed by atoms with Crippen LogP contribution in [0.4, 0.5) is 0 Å². The predicted octanol–water partition coefficient (Wildman–Crippen LogP) is 5.70. The minimum atomic E-state index is -0.496. The molecule has 24 heavy (non-hydrogen) atoms. The van der Waals surface area contributed by atoms with E-state index in [1.54, 1.807) is 0 Å². The number of hydrogen-bond donors (Lipinski definition) is 0. The number of rotatable bonds is 4. The van der Waals surface area contributed by atoms with Crippen molar-refractivity contribution in [1.29, 1.82) is 0 Å². The van der Waals surface area contributed by atoms with Crippen molar-refractivity contribution in [3.63, 3.8) is 0 Å². The summed E-state index contributed by atoms with van der Waals surface area (Å²) in [7, 11) is -0.496. The molecule has 0 aromatic carbocycles. The molecule has 0 saturated heterocycles. The molecule has 0 amide bonds. The molecule has 0 bridgehead atoms. The molecule has 0 N–H and O–H groups in total. The fourth-order valence-corrected chi connectivity index (χ4v) is 5.72. The molecular weight excluding hydrogens is 404 g/mol. The number of nitrogens with zero attached hydrogens (tertiary/aromatic N) is 2. The molecule has 1 atom stereocenters. The third kappa shape index (κ3) is 10.4. The molecule has 1 radical (unpaired) electrons. The van der Waals surface area contributed by atoms with E-state index in [1.807, 2.05) is 12.3 Å². The van der Waals surface area contributed by atoms with Crippen LogP contribution in [0.5, 0.6) is 0 Å². The van der Waals surface area contributed by atoms with Gasteiger partial charge in [0.2, 0.25) is 0 Å². The molecule has 0 fully saturated rings. The molecule has 1 rings (SSSR count). The van der Waals surface area contributed by atoms with Crippen molar-refractivity contribution in [2.24, 2.45) is 0 Å². The molecule has 0 aromatic heterocycles. The van der Waals surface area contributed by atoms with Gasteiger partial charge >= 0.3 is 19.5 Å². The van der Waals surface area contributed by atoms with E-state index in [9.17, 15) is 0 Å². The second-order valence-electron chi connectivity index (χ2n) is 8.09. The molecule has 0 aromatic rings. The van der Waals surface area contributed by atoms with Crippen molar-refractivity contribution in [3.8, 4) is 0 Å². The molecule has 1 unspecified atom stereocenters. The van der Waals surface area contributed by atoms with Crippen molar-refractivity contribution >= 4 is 14.7 Å². The Morgan fingerprint density at radius 1 is 1.21 bits per heavy atom. The third-order valence-corrected chi connectivity index (χ3v) is 7.51. The van der Waals surface area contributed by atoms with Crippen molar-refractivity contribution < 1.29 is 24.3 Å². The van der Waals surface area contributed by atoms with Crippen molar-refractivity contribution in [1.82, 2.24) is 0 Å². The molecule has 5 heteroatoms. The van der Waals surface area contributed by atoms with Crippen LogP contribution in [0.2, 0.25) is 0 Å². The third-order valence-electron chi connectivity index (χ3n) is 3.44. The standard InChI is InChI=1S/C18H31N2P.CHO.Ru.H/c1-14(2)21(18(6,7)8)13-16-11-9-10-15(20-16)12-19-17(3,4)5;1-2;;/h9-12,14H,13H2,1-8H3;1H;;/q-2;-1;+3;/p+1. The molecule has 1 aliphatic heterocycles. The summed E-state index contributed by atoms with van der Waals surface area (Å²) in [6.07, 6.45) is 9.34. The monoisotopic (exact) mass is 439 g/mol. The van der Waals surface area contributed by atoms with Gasteiger partial charge in [-0.2, -0.15) is 11.9 Å². The number of allylic oxidation sites excluding steroid dienone is 4. The predicted molar refractivity (Wildman–Crippen MR) is 108 cm³/mol. The van der Waals surface area contributed by atoms with Gasteiger partial charge in [0.15, 0.2) is 0 Å². The van der Waals surface area contributed by atoms with Crippen LogP contribution in [-0.4, -0.2) is 29.3 Å². The fraction of sp³-hybridized carbons (Fsp3) is 0.632. The Balaban J connectivity index is 0. The van der Waals surface area contributed by atoms with Gasteiger partial charge in [-0.3, -0.25) is 6.79 Å². The summed E-state index contributed by atoms with van der Waals surface area (Å²) in [6.45, 7) is 21.4. The molecule has 138 valence electrons. The Hall–Kier alpha value is -0.457. The Morgan fingerprint density at radius 3 is 2.17 bits per heavy atom. The van der Waals surface area contributed by atoms with E-state index in [4.69, 9.17) is 10.1 Å². The summed E-state index contributed by atoms with van der Waals surface area (Å²) >= 11 is 0. The zero-order valence-corrected chi connectivity index (χ0v) is 19.2. The van der Waals surface area contributed by atoms with Gasteiger partial charge in [-0.1, -0.05) is 39.0 Å². The zero-order valence-electron chi connectivity index (χ0n) is 16.4. The van der Waals surface area contributed by atoms with Crippen molar-refractivity contribution in [2.45, 2.75) is 71.7 Å². The van der Waals surface area contributed by atoms with E-state index >= 15 is 0 Å². The number of carbonyl (C=O) groups excluding carboxylic acids is 1. The molecule has 1 heterocycles. The van der Waals surface area contributed by atoms with Crippen LogP contribution in [-0.2, 0) is 24.3 Å². The van der Waals surface area contributed by atoms with E-state index in [0.29, 0.717) is 5.16 Å². The average Bonchev–Trinajstić information content (AvgIpc) is 2.43. The molecule has 3 nitrogen and oxygen atoms in total. The maximum atomic E-state index is 7.75. The number of hydrogen-bond acceptors (Lipinski definition) is 1. The van der Waals surface area contributed by atoms with E-state index < -0.39 is 7.92 Å². The normalized spacial score (nSPS) is 17.2. The molecule has 1 aliphatic rings. The SMILES string of the molecule is CC(C)[PH+](CC1=CC=CC(=C[N-]C(C)(C)C)[N-]1)C(C)(C)C.[CH-]=O.[RuH+3]. The Morgan fingerprint density at radius 2 is 1.75 bits per heavy atom. The van der Waals surface area contributed by atoms with Gasteiger partial charge in [-0.15, -0.1) is 11.2 Å². The Labute approximate surface area is 163 Å². The average molecular weight is 439 g/mol. The summed E-state index contributed by atoms with van der Waals surface area (Å²) in [4.78, 5) is 7.75. The Bertz CT molecular complexity index is 457. The first-order valence-electron chi connectivity index (χ1n) is 8.10. The minimum absolute atomic E-state index is 0. The van der Waals surface area contributed by atoms with Gasteiger partial charge in [0.05, 0.1) is 17.0 Å². The fourth-order valence-electron chi connectivity index (χ4n) is 2.46. The molecule has 0 aliphatic carbocycles. The van der Waals surface area contributed by atoms with Gasteiger partial charge in [0.25, 0.3) is 0 Å². The summed E-state index contributed by atoms with van der Waals surface area (Å²) in [5.74, 6) is 0. The summed E-state index contributed by atoms with van der Waals surface area (Å²) < 4.78 is 0. The van der Waals surface area contributed by atoms with E-state index in [-0.39, 0.29) is 25.0 Å². The topological polar surface area (TPSA) is 45.3 Å². The second kappa shape index (κ2) is 11.2. The quantitative estimate of drug-likeness (QED) is 0.240. The zero-order chi connectivity index (χ0) is 18.3. The van der Waals surface area contributed by atoms with Crippen LogP contribution < -0.4 is 0 Å². The van der Waals surface area contributed by atoms with Crippen LogP contribution in [0.1, 0.15) is 55.4 Å². The van der Waals surface area contributed by atoms with E-state index in [0.717, 1.165) is 17.5 Å². The first-order chi connectivity index (χ1) is 10.5. The Kier molecular flexibility index (Phi) is 12.0.